The SMILES string of the molecule is ClCCOc1c[c]cc(Cl)c1. The lowest BCUT2D eigenvalue weighted by molar-refractivity contribution is 0.343. The normalized spacial score (nSPS) is 9.64. The van der Waals surface area contributed by atoms with Crippen LogP contribution in [0.1, 0.15) is 0 Å². The molecule has 0 aliphatic carbocycles. The number of halogens is 2. The van der Waals surface area contributed by atoms with Gasteiger partial charge in [0.15, 0.2) is 0 Å². The van der Waals surface area contributed by atoms with Crippen LogP contribution >= 0.6 is 23.2 Å². The van der Waals surface area contributed by atoms with Crippen LogP contribution in [0.25, 0.3) is 0 Å². The Morgan fingerprint density at radius 3 is 2.91 bits per heavy atom. The smallest absolute Gasteiger partial charge is 0.121 e. The van der Waals surface area contributed by atoms with Gasteiger partial charge in [0.1, 0.15) is 12.4 Å². The zero-order valence-electron chi connectivity index (χ0n) is 5.81. The zero-order chi connectivity index (χ0) is 8.10. The summed E-state index contributed by atoms with van der Waals surface area (Å²) in [5.41, 5.74) is 0. The molecule has 3 heteroatoms. The minimum absolute atomic E-state index is 0.479. The van der Waals surface area contributed by atoms with Crippen LogP contribution in [0.2, 0.25) is 5.02 Å². The van der Waals surface area contributed by atoms with E-state index in [-0.39, 0.29) is 0 Å². The molecule has 0 spiro atoms. The van der Waals surface area contributed by atoms with Crippen molar-refractivity contribution in [2.24, 2.45) is 0 Å². The molecule has 0 amide bonds. The number of rotatable bonds is 3. The van der Waals surface area contributed by atoms with E-state index in [0.29, 0.717) is 23.3 Å². The summed E-state index contributed by atoms with van der Waals surface area (Å²) < 4.78 is 5.19. The van der Waals surface area contributed by atoms with E-state index in [1.54, 1.807) is 18.2 Å². The summed E-state index contributed by atoms with van der Waals surface area (Å²) in [6.45, 7) is 0.496. The van der Waals surface area contributed by atoms with Gasteiger partial charge in [-0.25, -0.2) is 0 Å². The molecule has 11 heavy (non-hydrogen) atoms. The van der Waals surface area contributed by atoms with E-state index in [1.165, 1.54) is 0 Å². The minimum atomic E-state index is 0.479. The van der Waals surface area contributed by atoms with Gasteiger partial charge in [-0.3, -0.25) is 0 Å². The van der Waals surface area contributed by atoms with Crippen molar-refractivity contribution in [1.82, 2.24) is 0 Å². The quantitative estimate of drug-likeness (QED) is 0.666. The second-order valence-corrected chi connectivity index (χ2v) is 2.74. The van der Waals surface area contributed by atoms with Crippen molar-refractivity contribution in [3.63, 3.8) is 0 Å². The van der Waals surface area contributed by atoms with Crippen LogP contribution in [0.3, 0.4) is 0 Å². The van der Waals surface area contributed by atoms with Gasteiger partial charge in [-0.05, 0) is 24.3 Å². The molecule has 59 valence electrons. The molecule has 0 heterocycles. The first-order valence-electron chi connectivity index (χ1n) is 3.18. The second-order valence-electron chi connectivity index (χ2n) is 1.92. The molecule has 0 unspecified atom stereocenters. The van der Waals surface area contributed by atoms with E-state index in [4.69, 9.17) is 27.9 Å². The van der Waals surface area contributed by atoms with Gasteiger partial charge in [0, 0.05) is 5.02 Å². The van der Waals surface area contributed by atoms with Crippen LogP contribution in [-0.2, 0) is 0 Å². The Morgan fingerprint density at radius 1 is 1.45 bits per heavy atom. The van der Waals surface area contributed by atoms with Gasteiger partial charge in [0.05, 0.1) is 5.88 Å². The number of alkyl halides is 1. The standard InChI is InChI=1S/C8H7Cl2O/c9-4-5-11-8-3-1-2-7(10)6-8/h2-3,6H,4-5H2. The van der Waals surface area contributed by atoms with Crippen LogP contribution < -0.4 is 4.74 Å². The Balaban J connectivity index is 2.56. The Morgan fingerprint density at radius 2 is 2.27 bits per heavy atom. The highest BCUT2D eigenvalue weighted by molar-refractivity contribution is 6.30. The van der Waals surface area contributed by atoms with Gasteiger partial charge in [-0.2, -0.15) is 0 Å². The summed E-state index contributed by atoms with van der Waals surface area (Å²) >= 11 is 11.1. The van der Waals surface area contributed by atoms with E-state index in [1.807, 2.05) is 0 Å². The molecular weight excluding hydrogens is 183 g/mol. The van der Waals surface area contributed by atoms with Gasteiger partial charge < -0.3 is 4.74 Å². The molecular formula is C8H7Cl2O. The van der Waals surface area contributed by atoms with E-state index in [0.717, 1.165) is 0 Å². The lowest BCUT2D eigenvalue weighted by atomic mass is 10.3. The summed E-state index contributed by atoms with van der Waals surface area (Å²) in [7, 11) is 0. The van der Waals surface area contributed by atoms with Crippen molar-refractivity contribution in [3.05, 3.63) is 29.3 Å². The molecule has 0 atom stereocenters. The van der Waals surface area contributed by atoms with E-state index in [2.05, 4.69) is 6.07 Å². The third-order valence-electron chi connectivity index (χ3n) is 1.07. The Bertz CT molecular complexity index is 225. The van der Waals surface area contributed by atoms with Crippen LogP contribution in [0.5, 0.6) is 5.75 Å². The topological polar surface area (TPSA) is 9.23 Å². The lowest BCUT2D eigenvalue weighted by Crippen LogP contribution is -1.97. The predicted octanol–water partition coefficient (Wildman–Crippen LogP) is 2.76. The third kappa shape index (κ3) is 3.00. The molecule has 1 aromatic rings. The van der Waals surface area contributed by atoms with Crippen LogP contribution in [0.4, 0.5) is 0 Å². The maximum Gasteiger partial charge on any atom is 0.121 e. The van der Waals surface area contributed by atoms with Crippen molar-refractivity contribution in [2.45, 2.75) is 0 Å². The maximum atomic E-state index is 5.68. The Hall–Kier alpha value is -0.400. The molecule has 0 aliphatic rings. The average molecular weight is 190 g/mol. The number of ether oxygens (including phenoxy) is 1. The third-order valence-corrected chi connectivity index (χ3v) is 1.45. The van der Waals surface area contributed by atoms with Gasteiger partial charge in [-0.1, -0.05) is 11.6 Å². The van der Waals surface area contributed by atoms with Gasteiger partial charge >= 0.3 is 0 Å². The van der Waals surface area contributed by atoms with E-state index >= 15 is 0 Å². The van der Waals surface area contributed by atoms with E-state index < -0.39 is 0 Å². The largest absolute Gasteiger partial charge is 0.492 e. The van der Waals surface area contributed by atoms with Crippen molar-refractivity contribution in [3.8, 4) is 5.75 Å². The second kappa shape index (κ2) is 4.47. The molecule has 0 aromatic heterocycles. The van der Waals surface area contributed by atoms with Crippen molar-refractivity contribution >= 4 is 23.2 Å². The molecule has 1 nitrogen and oxygen atoms in total. The van der Waals surface area contributed by atoms with Gasteiger partial charge in [-0.15, -0.1) is 11.6 Å². The summed E-state index contributed by atoms with van der Waals surface area (Å²) in [6, 6.07) is 7.96. The van der Waals surface area contributed by atoms with Crippen molar-refractivity contribution in [2.75, 3.05) is 12.5 Å². The molecule has 0 saturated carbocycles. The molecule has 1 radical (unpaired) electrons. The first-order valence-corrected chi connectivity index (χ1v) is 4.09. The molecule has 0 aliphatic heterocycles. The highest BCUT2D eigenvalue weighted by Crippen LogP contribution is 2.16. The summed E-state index contributed by atoms with van der Waals surface area (Å²) in [5, 5.41) is 0.622. The fourth-order valence-electron chi connectivity index (χ4n) is 0.662. The average Bonchev–Trinajstić information content (AvgIpc) is 2.01. The maximum absolute atomic E-state index is 5.68. The summed E-state index contributed by atoms with van der Waals surface area (Å²) in [6.07, 6.45) is 0. The number of hydrogen-bond donors (Lipinski definition) is 0. The predicted molar refractivity (Wildman–Crippen MR) is 46.5 cm³/mol. The monoisotopic (exact) mass is 189 g/mol. The minimum Gasteiger partial charge on any atom is -0.492 e. The van der Waals surface area contributed by atoms with Crippen LogP contribution in [0, 0.1) is 6.07 Å². The molecule has 1 aromatic carbocycles. The highest BCUT2D eigenvalue weighted by Gasteiger charge is 1.92. The Labute approximate surface area is 75.9 Å². The molecule has 1 rings (SSSR count). The number of hydrogen-bond acceptors (Lipinski definition) is 1. The van der Waals surface area contributed by atoms with Crippen molar-refractivity contribution in [1.29, 1.82) is 0 Å². The molecule has 0 N–H and O–H groups in total. The van der Waals surface area contributed by atoms with Gasteiger partial charge in [0.2, 0.25) is 0 Å². The molecule has 0 saturated heterocycles. The van der Waals surface area contributed by atoms with Gasteiger partial charge in [0.25, 0.3) is 0 Å². The fraction of sp³-hybridized carbons (Fsp3) is 0.250. The van der Waals surface area contributed by atoms with E-state index in [9.17, 15) is 0 Å². The molecule has 0 fully saturated rings. The summed E-state index contributed by atoms with van der Waals surface area (Å²) in [5.74, 6) is 1.19. The Kier molecular flexibility index (Phi) is 3.53. The number of benzene rings is 1. The highest BCUT2D eigenvalue weighted by atomic mass is 35.5. The van der Waals surface area contributed by atoms with Crippen molar-refractivity contribution < 1.29 is 4.74 Å². The summed E-state index contributed by atoms with van der Waals surface area (Å²) in [4.78, 5) is 0. The zero-order valence-corrected chi connectivity index (χ0v) is 7.32. The molecule has 0 bridgehead atoms. The lowest BCUT2D eigenvalue weighted by Gasteiger charge is -2.02. The van der Waals surface area contributed by atoms with Crippen LogP contribution in [-0.4, -0.2) is 12.5 Å². The first kappa shape index (κ1) is 8.69. The van der Waals surface area contributed by atoms with Crippen LogP contribution in [0.15, 0.2) is 18.2 Å². The fourth-order valence-corrected chi connectivity index (χ4v) is 0.910. The first-order chi connectivity index (χ1) is 5.33.